The molecule has 0 aliphatic carbocycles. The number of aliphatic hydroxyl groups is 1. The molecule has 0 radical (unpaired) electrons. The molecule has 0 aromatic heterocycles. The van der Waals surface area contributed by atoms with E-state index in [2.05, 4.69) is 19.2 Å². The predicted molar refractivity (Wildman–Crippen MR) is 316 cm³/mol. The quantitative estimate of drug-likeness (QED) is 0.0272. The fourth-order valence-electron chi connectivity index (χ4n) is 10.2. The third-order valence-electron chi connectivity index (χ3n) is 15.2. The Balaban J connectivity index is 4.08. The number of allylic oxidation sites excluding steroid dienone is 1. The molecule has 8 nitrogen and oxygen atoms in total. The number of carbonyl (C=O) groups is 1. The van der Waals surface area contributed by atoms with Gasteiger partial charge in [0.05, 0.1) is 39.9 Å². The van der Waals surface area contributed by atoms with Gasteiger partial charge in [0, 0.05) is 6.42 Å². The molecule has 3 atom stereocenters. The number of phosphoric ester groups is 1. The maximum absolute atomic E-state index is 13.0. The first-order valence-corrected chi connectivity index (χ1v) is 34.0. The van der Waals surface area contributed by atoms with Crippen LogP contribution in [0.1, 0.15) is 341 Å². The summed E-state index contributed by atoms with van der Waals surface area (Å²) in [6.45, 7) is 4.72. The van der Waals surface area contributed by atoms with Crippen molar-refractivity contribution in [2.45, 2.75) is 353 Å². The van der Waals surface area contributed by atoms with Crippen molar-refractivity contribution in [2.75, 3.05) is 40.9 Å². The van der Waals surface area contributed by atoms with Gasteiger partial charge in [-0.1, -0.05) is 328 Å². The van der Waals surface area contributed by atoms with Crippen molar-refractivity contribution < 1.29 is 32.9 Å². The van der Waals surface area contributed by atoms with Crippen molar-refractivity contribution in [1.29, 1.82) is 0 Å². The van der Waals surface area contributed by atoms with Crippen molar-refractivity contribution in [2.24, 2.45) is 0 Å². The molecule has 0 aliphatic rings. The maximum Gasteiger partial charge on any atom is 0.268 e. The van der Waals surface area contributed by atoms with Gasteiger partial charge < -0.3 is 28.8 Å². The van der Waals surface area contributed by atoms with Crippen LogP contribution in [0.3, 0.4) is 0 Å². The average Bonchev–Trinajstić information content (AvgIpc) is 3.35. The van der Waals surface area contributed by atoms with Crippen molar-refractivity contribution in [3.05, 3.63) is 12.2 Å². The average molecular weight is 1050 g/mol. The summed E-state index contributed by atoms with van der Waals surface area (Å²) in [5, 5.41) is 13.9. The van der Waals surface area contributed by atoms with Crippen LogP contribution in [-0.2, 0) is 18.4 Å². The normalized spacial score (nSPS) is 13.8. The first-order valence-electron chi connectivity index (χ1n) is 32.6. The van der Waals surface area contributed by atoms with Gasteiger partial charge in [0.2, 0.25) is 5.91 Å². The Morgan fingerprint density at radius 2 is 0.740 bits per heavy atom. The summed E-state index contributed by atoms with van der Waals surface area (Å²) in [6.07, 6.45) is 70.3. The SMILES string of the molecule is CCCCCCCCCCCCCCCCCCCCCCCC/C=C/C(O)C(COP(=O)([O-])OCC[N+](C)(C)C)NC(=O)CCCCCCCCCCCCCCCCCCCCCCCCCCCCC. The molecule has 436 valence electrons. The molecular weight excluding hydrogens is 924 g/mol. The Morgan fingerprint density at radius 1 is 0.466 bits per heavy atom. The highest BCUT2D eigenvalue weighted by Crippen LogP contribution is 2.38. The second kappa shape index (κ2) is 56.0. The Kier molecular flexibility index (Phi) is 55.4. The number of hydrogen-bond donors (Lipinski definition) is 2. The van der Waals surface area contributed by atoms with E-state index in [0.29, 0.717) is 17.4 Å². The van der Waals surface area contributed by atoms with E-state index in [0.717, 1.165) is 38.5 Å². The molecule has 0 aliphatic heterocycles. The van der Waals surface area contributed by atoms with Crippen molar-refractivity contribution in [3.63, 3.8) is 0 Å². The minimum absolute atomic E-state index is 0.00291. The summed E-state index contributed by atoms with van der Waals surface area (Å²) in [5.74, 6) is -0.188. The maximum atomic E-state index is 13.0. The van der Waals surface area contributed by atoms with E-state index in [4.69, 9.17) is 9.05 Å². The van der Waals surface area contributed by atoms with E-state index in [1.165, 1.54) is 283 Å². The highest BCUT2D eigenvalue weighted by Gasteiger charge is 2.23. The zero-order valence-electron chi connectivity index (χ0n) is 49.9. The van der Waals surface area contributed by atoms with Crippen LogP contribution in [0.5, 0.6) is 0 Å². The summed E-state index contributed by atoms with van der Waals surface area (Å²) in [4.78, 5) is 25.6. The van der Waals surface area contributed by atoms with Crippen molar-refractivity contribution >= 4 is 13.7 Å². The molecule has 0 rings (SSSR count). The summed E-state index contributed by atoms with van der Waals surface area (Å²) in [5.41, 5.74) is 0. The Labute approximate surface area is 456 Å². The monoisotopic (exact) mass is 1050 g/mol. The van der Waals surface area contributed by atoms with Gasteiger partial charge in [0.1, 0.15) is 13.2 Å². The Hall–Kier alpha value is -0.760. The fraction of sp³-hybridized carbons (Fsp3) is 0.953. The number of unbranched alkanes of at least 4 members (excludes halogenated alkanes) is 48. The van der Waals surface area contributed by atoms with Gasteiger partial charge in [-0.25, -0.2) is 0 Å². The number of rotatable bonds is 61. The number of likely N-dealkylation sites (N-methyl/N-ethyl adjacent to an activating group) is 1. The molecule has 0 aromatic rings. The number of amides is 1. The minimum Gasteiger partial charge on any atom is -0.756 e. The van der Waals surface area contributed by atoms with E-state index < -0.39 is 20.0 Å². The molecule has 0 fully saturated rings. The molecule has 0 saturated heterocycles. The summed E-state index contributed by atoms with van der Waals surface area (Å²) in [6, 6.07) is -0.883. The fourth-order valence-corrected chi connectivity index (χ4v) is 10.9. The van der Waals surface area contributed by atoms with Crippen LogP contribution in [-0.4, -0.2) is 68.5 Å². The second-order valence-corrected chi connectivity index (χ2v) is 25.2. The van der Waals surface area contributed by atoms with E-state index in [1.807, 2.05) is 27.2 Å². The number of carbonyl (C=O) groups excluding carboxylic acids is 1. The Bertz CT molecular complexity index is 1200. The van der Waals surface area contributed by atoms with Crippen molar-refractivity contribution in [3.8, 4) is 0 Å². The van der Waals surface area contributed by atoms with Gasteiger partial charge in [-0.15, -0.1) is 0 Å². The third kappa shape index (κ3) is 58.8. The molecule has 0 aromatic carbocycles. The highest BCUT2D eigenvalue weighted by molar-refractivity contribution is 7.45. The van der Waals surface area contributed by atoms with Crippen LogP contribution in [0.2, 0.25) is 0 Å². The number of quaternary nitrogens is 1. The summed E-state index contributed by atoms with van der Waals surface area (Å²) in [7, 11) is 1.28. The van der Waals surface area contributed by atoms with Crippen molar-refractivity contribution in [1.82, 2.24) is 5.32 Å². The zero-order valence-corrected chi connectivity index (χ0v) is 50.8. The molecule has 0 saturated carbocycles. The molecular formula is C64H129N2O6P. The van der Waals surface area contributed by atoms with E-state index >= 15 is 0 Å². The van der Waals surface area contributed by atoms with Gasteiger partial charge in [-0.2, -0.15) is 0 Å². The lowest BCUT2D eigenvalue weighted by molar-refractivity contribution is -0.870. The predicted octanol–water partition coefficient (Wildman–Crippen LogP) is 19.5. The van der Waals surface area contributed by atoms with E-state index in [9.17, 15) is 19.4 Å². The smallest absolute Gasteiger partial charge is 0.268 e. The van der Waals surface area contributed by atoms with Gasteiger partial charge in [0.25, 0.3) is 7.82 Å². The van der Waals surface area contributed by atoms with Gasteiger partial charge in [0.15, 0.2) is 0 Å². The third-order valence-corrected chi connectivity index (χ3v) is 16.2. The molecule has 73 heavy (non-hydrogen) atoms. The lowest BCUT2D eigenvalue weighted by atomic mass is 10.0. The lowest BCUT2D eigenvalue weighted by Crippen LogP contribution is -2.45. The van der Waals surface area contributed by atoms with Gasteiger partial charge >= 0.3 is 0 Å². The number of nitrogens with one attached hydrogen (secondary N) is 1. The Morgan fingerprint density at radius 3 is 1.03 bits per heavy atom. The van der Waals surface area contributed by atoms with E-state index in [1.54, 1.807) is 6.08 Å². The van der Waals surface area contributed by atoms with Crippen LogP contribution in [0.15, 0.2) is 12.2 Å². The minimum atomic E-state index is -4.60. The van der Waals surface area contributed by atoms with Crippen LogP contribution in [0, 0.1) is 0 Å². The molecule has 2 N–H and O–H groups in total. The molecule has 3 unspecified atom stereocenters. The largest absolute Gasteiger partial charge is 0.756 e. The van der Waals surface area contributed by atoms with Crippen LogP contribution in [0.4, 0.5) is 0 Å². The number of phosphoric acid groups is 1. The topological polar surface area (TPSA) is 108 Å². The van der Waals surface area contributed by atoms with Gasteiger partial charge in [-0.05, 0) is 19.3 Å². The lowest BCUT2D eigenvalue weighted by Gasteiger charge is -2.29. The van der Waals surface area contributed by atoms with Crippen LogP contribution < -0.4 is 10.2 Å². The molecule has 9 heteroatoms. The molecule has 0 heterocycles. The molecule has 1 amide bonds. The standard InChI is InChI=1S/C64H129N2O6P/c1-6-8-10-12-14-16-18-20-22-24-26-28-30-32-33-34-36-38-40-42-44-46-48-50-52-54-56-58-64(68)65-62(61-72-73(69,70)71-60-59-66(3,4)5)63(67)57-55-53-51-49-47-45-43-41-39-37-35-31-29-27-25-23-21-19-17-15-13-11-9-7-2/h55,57,62-63,67H,6-54,56,58-61H2,1-5H3,(H-,65,68,69,70)/b57-55+. The number of nitrogens with zero attached hydrogens (tertiary/aromatic N) is 1. The van der Waals surface area contributed by atoms with Crippen LogP contribution in [0.25, 0.3) is 0 Å². The number of aliphatic hydroxyl groups excluding tert-OH is 1. The molecule has 0 bridgehead atoms. The molecule has 0 spiro atoms. The summed E-state index contributed by atoms with van der Waals surface area (Å²) < 4.78 is 23.4. The zero-order chi connectivity index (χ0) is 53.5. The first kappa shape index (κ1) is 72.2. The summed E-state index contributed by atoms with van der Waals surface area (Å²) >= 11 is 0. The number of hydrogen-bond acceptors (Lipinski definition) is 6. The highest BCUT2D eigenvalue weighted by atomic mass is 31.2. The van der Waals surface area contributed by atoms with Gasteiger partial charge in [-0.3, -0.25) is 9.36 Å². The first-order chi connectivity index (χ1) is 35.5. The second-order valence-electron chi connectivity index (χ2n) is 23.8. The van der Waals surface area contributed by atoms with Crippen LogP contribution >= 0.6 is 7.82 Å². The van der Waals surface area contributed by atoms with E-state index in [-0.39, 0.29) is 19.1 Å².